The molecule has 1 amide bonds. The van der Waals surface area contributed by atoms with Crippen LogP contribution in [0.25, 0.3) is 0 Å². The first-order valence-corrected chi connectivity index (χ1v) is 12.8. The van der Waals surface area contributed by atoms with Crippen LogP contribution < -0.4 is 5.43 Å². The monoisotopic (exact) mass is 437 g/mol. The van der Waals surface area contributed by atoms with E-state index < -0.39 is 0 Å². The minimum atomic E-state index is -0.166. The number of nitrogens with zero attached hydrogens (tertiary/aromatic N) is 2. The molecular weight excluding hydrogens is 398 g/mol. The summed E-state index contributed by atoms with van der Waals surface area (Å²) in [5.74, 6) is 3.38. The molecule has 5 nitrogen and oxygen atoms in total. The lowest BCUT2D eigenvalue weighted by Gasteiger charge is -2.61. The first kappa shape index (κ1) is 22.1. The Morgan fingerprint density at radius 3 is 2.53 bits per heavy atom. The fourth-order valence-electron chi connectivity index (χ4n) is 8.71. The number of hydrazone groups is 1. The van der Waals surface area contributed by atoms with Crippen LogP contribution >= 0.6 is 0 Å². The van der Waals surface area contributed by atoms with Gasteiger partial charge in [0.25, 0.3) is 5.91 Å². The summed E-state index contributed by atoms with van der Waals surface area (Å²) >= 11 is 0. The summed E-state index contributed by atoms with van der Waals surface area (Å²) in [5.41, 5.74) is 5.17. The van der Waals surface area contributed by atoms with Crippen molar-refractivity contribution in [3.8, 4) is 0 Å². The Morgan fingerprint density at radius 1 is 1.03 bits per heavy atom. The van der Waals surface area contributed by atoms with Crippen LogP contribution in [0.15, 0.2) is 29.6 Å². The van der Waals surface area contributed by atoms with Gasteiger partial charge in [-0.3, -0.25) is 9.78 Å². The van der Waals surface area contributed by atoms with E-state index in [9.17, 15) is 9.90 Å². The zero-order chi connectivity index (χ0) is 22.5. The fraction of sp³-hybridized carbons (Fsp3) is 0.741. The van der Waals surface area contributed by atoms with Crippen molar-refractivity contribution < 1.29 is 9.90 Å². The molecule has 0 radical (unpaired) electrons. The zero-order valence-corrected chi connectivity index (χ0v) is 19.9. The number of amides is 1. The van der Waals surface area contributed by atoms with Crippen molar-refractivity contribution in [2.45, 2.75) is 84.7 Å². The van der Waals surface area contributed by atoms with Gasteiger partial charge in [-0.2, -0.15) is 5.10 Å². The van der Waals surface area contributed by atoms with Gasteiger partial charge < -0.3 is 5.11 Å². The van der Waals surface area contributed by atoms with Gasteiger partial charge in [0.1, 0.15) is 0 Å². The van der Waals surface area contributed by atoms with E-state index in [0.717, 1.165) is 36.3 Å². The summed E-state index contributed by atoms with van der Waals surface area (Å²) in [4.78, 5) is 16.4. The van der Waals surface area contributed by atoms with Gasteiger partial charge in [-0.15, -0.1) is 0 Å². The van der Waals surface area contributed by atoms with Crippen LogP contribution in [0.5, 0.6) is 0 Å². The first-order valence-electron chi connectivity index (χ1n) is 12.8. The standard InChI is InChI=1S/C27H39N3O2/c1-17(29-30-25(32)18-10-14-28-15-11-18)22-6-7-23-21-5-4-19-16-20(31)8-12-26(19,2)24(21)9-13-27(22,23)3/h10-11,14-15,19-24,31H,4-9,12-13,16H2,1-3H3,(H,30,32)/b29-17-/t19-,20?,21?,22?,23?,24?,26-,27+/m0/s1. The molecule has 4 aliphatic carbocycles. The van der Waals surface area contributed by atoms with Gasteiger partial charge in [0.05, 0.1) is 6.10 Å². The third-order valence-electron chi connectivity index (χ3n) is 10.4. The maximum Gasteiger partial charge on any atom is 0.271 e. The number of hydrogen-bond acceptors (Lipinski definition) is 4. The molecule has 4 fully saturated rings. The molecule has 0 aromatic carbocycles. The largest absolute Gasteiger partial charge is 0.393 e. The Labute approximate surface area is 192 Å². The molecule has 0 spiro atoms. The molecule has 8 atom stereocenters. The maximum atomic E-state index is 12.4. The average molecular weight is 438 g/mol. The molecule has 2 N–H and O–H groups in total. The molecule has 5 heteroatoms. The number of aromatic nitrogens is 1. The lowest BCUT2D eigenvalue weighted by molar-refractivity contribution is -0.123. The smallest absolute Gasteiger partial charge is 0.271 e. The number of pyridine rings is 1. The first-order chi connectivity index (χ1) is 15.3. The normalized spacial score (nSPS) is 43.7. The van der Waals surface area contributed by atoms with E-state index in [1.807, 2.05) is 0 Å². The van der Waals surface area contributed by atoms with Crippen molar-refractivity contribution in [3.63, 3.8) is 0 Å². The highest BCUT2D eigenvalue weighted by Gasteiger charge is 2.60. The van der Waals surface area contributed by atoms with E-state index in [-0.39, 0.29) is 17.4 Å². The summed E-state index contributed by atoms with van der Waals surface area (Å²) < 4.78 is 0. The van der Waals surface area contributed by atoms with Crippen LogP contribution in [0, 0.1) is 40.4 Å². The third kappa shape index (κ3) is 3.52. The van der Waals surface area contributed by atoms with E-state index in [4.69, 9.17) is 0 Å². The van der Waals surface area contributed by atoms with Crippen molar-refractivity contribution in [1.29, 1.82) is 0 Å². The van der Waals surface area contributed by atoms with Gasteiger partial charge >= 0.3 is 0 Å². The second-order valence-corrected chi connectivity index (χ2v) is 11.7. The van der Waals surface area contributed by atoms with E-state index in [1.165, 1.54) is 44.9 Å². The molecule has 0 aliphatic heterocycles. The summed E-state index contributed by atoms with van der Waals surface area (Å²) in [5, 5.41) is 14.8. The van der Waals surface area contributed by atoms with Crippen LogP contribution in [-0.4, -0.2) is 27.8 Å². The summed E-state index contributed by atoms with van der Waals surface area (Å²) in [6, 6.07) is 3.44. The van der Waals surface area contributed by atoms with Crippen molar-refractivity contribution >= 4 is 11.6 Å². The lowest BCUT2D eigenvalue weighted by atomic mass is 9.44. The average Bonchev–Trinajstić information content (AvgIpc) is 3.15. The molecule has 5 rings (SSSR count). The Bertz CT molecular complexity index is 886. The van der Waals surface area contributed by atoms with Crippen LogP contribution in [0.3, 0.4) is 0 Å². The van der Waals surface area contributed by atoms with Crippen molar-refractivity contribution in [2.24, 2.45) is 45.5 Å². The molecule has 0 saturated heterocycles. The summed E-state index contributed by atoms with van der Waals surface area (Å²) in [7, 11) is 0. The van der Waals surface area contributed by atoms with Crippen LogP contribution in [0.1, 0.15) is 88.9 Å². The Balaban J connectivity index is 1.31. The minimum absolute atomic E-state index is 0.0736. The lowest BCUT2D eigenvalue weighted by Crippen LogP contribution is -2.54. The molecule has 1 aromatic heterocycles. The molecule has 32 heavy (non-hydrogen) atoms. The minimum Gasteiger partial charge on any atom is -0.393 e. The summed E-state index contributed by atoms with van der Waals surface area (Å²) in [6.07, 6.45) is 14.1. The van der Waals surface area contributed by atoms with Crippen LogP contribution in [0.4, 0.5) is 0 Å². The third-order valence-corrected chi connectivity index (χ3v) is 10.4. The Morgan fingerprint density at radius 2 is 1.75 bits per heavy atom. The quantitative estimate of drug-likeness (QED) is 0.504. The van der Waals surface area contributed by atoms with Gasteiger partial charge in [-0.25, -0.2) is 5.43 Å². The highest BCUT2D eigenvalue weighted by atomic mass is 16.3. The predicted molar refractivity (Wildman–Crippen MR) is 126 cm³/mol. The Hall–Kier alpha value is -1.75. The van der Waals surface area contributed by atoms with Gasteiger partial charge in [0.15, 0.2) is 0 Å². The number of fused-ring (bicyclic) bond motifs is 5. The van der Waals surface area contributed by atoms with Crippen LogP contribution in [0.2, 0.25) is 0 Å². The van der Waals surface area contributed by atoms with Gasteiger partial charge in [-0.05, 0) is 111 Å². The van der Waals surface area contributed by atoms with E-state index in [1.54, 1.807) is 24.5 Å². The SMILES string of the molecule is C/C(=N/NC(=O)c1ccncc1)C1CCC2C3CC[C@H]4CC(O)CC[C@]4(C)C3CC[C@]12C. The number of carbonyl (C=O) groups excluding carboxylic acids is 1. The molecule has 5 unspecified atom stereocenters. The number of aliphatic hydroxyl groups excluding tert-OH is 1. The maximum absolute atomic E-state index is 12.4. The summed E-state index contributed by atoms with van der Waals surface area (Å²) in [6.45, 7) is 7.17. The molecule has 174 valence electrons. The molecular formula is C27H39N3O2. The molecule has 1 heterocycles. The van der Waals surface area contributed by atoms with Crippen molar-refractivity contribution in [1.82, 2.24) is 10.4 Å². The molecule has 1 aromatic rings. The Kier molecular flexibility index (Phi) is 5.68. The number of aliphatic hydroxyl groups is 1. The number of nitrogens with one attached hydrogen (secondary N) is 1. The van der Waals surface area contributed by atoms with Crippen molar-refractivity contribution in [2.75, 3.05) is 0 Å². The number of rotatable bonds is 3. The molecule has 0 bridgehead atoms. The second-order valence-electron chi connectivity index (χ2n) is 11.7. The van der Waals surface area contributed by atoms with Gasteiger partial charge in [-0.1, -0.05) is 13.8 Å². The van der Waals surface area contributed by atoms with Crippen molar-refractivity contribution in [3.05, 3.63) is 30.1 Å². The zero-order valence-electron chi connectivity index (χ0n) is 19.9. The highest BCUT2D eigenvalue weighted by molar-refractivity contribution is 5.95. The topological polar surface area (TPSA) is 74.6 Å². The van der Waals surface area contributed by atoms with E-state index >= 15 is 0 Å². The number of carbonyl (C=O) groups is 1. The number of hydrogen-bond donors (Lipinski definition) is 2. The highest BCUT2D eigenvalue weighted by Crippen LogP contribution is 2.67. The van der Waals surface area contributed by atoms with E-state index in [0.29, 0.717) is 22.8 Å². The van der Waals surface area contributed by atoms with Crippen LogP contribution in [-0.2, 0) is 0 Å². The predicted octanol–water partition coefficient (Wildman–Crippen LogP) is 5.21. The van der Waals surface area contributed by atoms with Gasteiger partial charge in [0.2, 0.25) is 0 Å². The molecule has 4 aliphatic rings. The van der Waals surface area contributed by atoms with Gasteiger partial charge in [0, 0.05) is 29.6 Å². The molecule has 4 saturated carbocycles. The fourth-order valence-corrected chi connectivity index (χ4v) is 8.71. The van der Waals surface area contributed by atoms with E-state index in [2.05, 4.69) is 36.3 Å². The second kappa shape index (κ2) is 8.23.